The van der Waals surface area contributed by atoms with E-state index in [0.717, 1.165) is 35.4 Å². The monoisotopic (exact) mass is 430 g/mol. The number of carbonyl (C=O) groups is 2. The fraction of sp³-hybridized carbons (Fsp3) is 0.500. The molecule has 1 aliphatic heterocycles. The van der Waals surface area contributed by atoms with E-state index in [2.05, 4.69) is 43.0 Å². The molecule has 1 fully saturated rings. The molecule has 0 saturated carbocycles. The molecule has 1 saturated heterocycles. The Morgan fingerprint density at radius 3 is 2.04 bits per heavy atom. The lowest BCUT2D eigenvalue weighted by Crippen LogP contribution is -2.51. The molecule has 0 unspecified atom stereocenters. The highest BCUT2D eigenvalue weighted by Gasteiger charge is 2.20. The van der Waals surface area contributed by atoms with Gasteiger partial charge in [-0.05, 0) is 53.8 Å². The summed E-state index contributed by atoms with van der Waals surface area (Å²) < 4.78 is 1.14. The van der Waals surface area contributed by atoms with Crippen molar-refractivity contribution < 1.29 is 9.59 Å². The van der Waals surface area contributed by atoms with E-state index >= 15 is 0 Å². The Morgan fingerprint density at radius 1 is 1.00 bits per heavy atom. The van der Waals surface area contributed by atoms with E-state index in [4.69, 9.17) is 0 Å². The highest BCUT2D eigenvalue weighted by molar-refractivity contribution is 14.1. The van der Waals surface area contributed by atoms with E-state index in [1.54, 1.807) is 0 Å². The lowest BCUT2D eigenvalue weighted by Gasteiger charge is -2.33. The van der Waals surface area contributed by atoms with E-state index in [9.17, 15) is 9.59 Å². The summed E-state index contributed by atoms with van der Waals surface area (Å²) >= 11 is 2.24. The second kappa shape index (κ2) is 9.19. The molecule has 1 heterocycles. The number of anilines is 1. The molecule has 2 rings (SSSR count). The molecule has 6 nitrogen and oxygen atoms in total. The Kier molecular flexibility index (Phi) is 7.25. The smallest absolute Gasteiger partial charge is 0.238 e. The van der Waals surface area contributed by atoms with Crippen molar-refractivity contribution in [2.45, 2.75) is 6.92 Å². The molecule has 2 amide bonds. The van der Waals surface area contributed by atoms with Crippen LogP contribution in [-0.2, 0) is 9.59 Å². The summed E-state index contributed by atoms with van der Waals surface area (Å²) in [6.45, 7) is 6.65. The number of rotatable bonds is 6. The summed E-state index contributed by atoms with van der Waals surface area (Å²) in [5, 5.41) is 5.72. The zero-order valence-electron chi connectivity index (χ0n) is 13.3. The summed E-state index contributed by atoms with van der Waals surface area (Å²) in [7, 11) is 0. The lowest BCUT2D eigenvalue weighted by atomic mass is 10.3. The predicted octanol–water partition coefficient (Wildman–Crippen LogP) is 0.983. The maximum Gasteiger partial charge on any atom is 0.238 e. The minimum atomic E-state index is 0.00313. The number of piperazine rings is 1. The Bertz CT molecular complexity index is 527. The van der Waals surface area contributed by atoms with Crippen LogP contribution in [0.2, 0.25) is 0 Å². The molecule has 0 spiro atoms. The Balaban J connectivity index is 1.70. The van der Waals surface area contributed by atoms with Crippen molar-refractivity contribution in [3.63, 3.8) is 0 Å². The second-order valence-corrected chi connectivity index (χ2v) is 6.81. The average molecular weight is 430 g/mol. The molecule has 1 aliphatic rings. The molecule has 2 N–H and O–H groups in total. The zero-order valence-corrected chi connectivity index (χ0v) is 15.5. The van der Waals surface area contributed by atoms with Gasteiger partial charge in [-0.1, -0.05) is 0 Å². The lowest BCUT2D eigenvalue weighted by molar-refractivity contribution is -0.123. The maximum atomic E-state index is 12.1. The summed E-state index contributed by atoms with van der Waals surface area (Å²) in [5.74, 6) is 0.0702. The van der Waals surface area contributed by atoms with Crippen LogP contribution < -0.4 is 10.6 Å². The average Bonchev–Trinajstić information content (AvgIpc) is 2.52. The van der Waals surface area contributed by atoms with Crippen LogP contribution >= 0.6 is 22.6 Å². The van der Waals surface area contributed by atoms with Crippen LogP contribution in [0.25, 0.3) is 0 Å². The first kappa shape index (κ1) is 18.2. The van der Waals surface area contributed by atoms with Gasteiger partial charge in [-0.15, -0.1) is 0 Å². The normalized spacial score (nSPS) is 16.1. The number of nitrogens with one attached hydrogen (secondary N) is 2. The molecular weight excluding hydrogens is 407 g/mol. The molecular formula is C16H23IN4O2. The van der Waals surface area contributed by atoms with E-state index in [1.807, 2.05) is 31.2 Å². The van der Waals surface area contributed by atoms with Crippen molar-refractivity contribution in [2.75, 3.05) is 51.1 Å². The number of nitrogens with zero attached hydrogens (tertiary/aromatic N) is 2. The SMILES string of the molecule is CCNC(=O)CN1CCN(CC(=O)Nc2ccc(I)cc2)CC1. The van der Waals surface area contributed by atoms with Crippen LogP contribution in [0.1, 0.15) is 6.92 Å². The van der Waals surface area contributed by atoms with E-state index in [0.29, 0.717) is 19.6 Å². The zero-order chi connectivity index (χ0) is 16.7. The van der Waals surface area contributed by atoms with Crippen LogP contribution in [0.5, 0.6) is 0 Å². The highest BCUT2D eigenvalue weighted by Crippen LogP contribution is 2.11. The molecule has 1 aromatic rings. The summed E-state index contributed by atoms with van der Waals surface area (Å²) in [4.78, 5) is 27.9. The molecule has 0 aliphatic carbocycles. The van der Waals surface area contributed by atoms with E-state index in [-0.39, 0.29) is 11.8 Å². The number of amides is 2. The first-order valence-corrected chi connectivity index (χ1v) is 8.91. The third kappa shape index (κ3) is 6.44. The molecule has 1 aromatic carbocycles. The Labute approximate surface area is 150 Å². The molecule has 0 bridgehead atoms. The molecule has 23 heavy (non-hydrogen) atoms. The third-order valence-electron chi connectivity index (χ3n) is 3.70. The molecule has 126 valence electrons. The first-order valence-electron chi connectivity index (χ1n) is 7.83. The van der Waals surface area contributed by atoms with Crippen molar-refractivity contribution >= 4 is 40.1 Å². The summed E-state index contributed by atoms with van der Waals surface area (Å²) in [6.07, 6.45) is 0. The molecule has 0 radical (unpaired) electrons. The van der Waals surface area contributed by atoms with E-state index < -0.39 is 0 Å². The topological polar surface area (TPSA) is 64.7 Å². The standard InChI is InChI=1S/C16H23IN4O2/c1-2-18-15(22)11-20-7-9-21(10-8-20)12-16(23)19-14-5-3-13(17)4-6-14/h3-6H,2,7-12H2,1H3,(H,18,22)(H,19,23). The van der Waals surface area contributed by atoms with Gasteiger partial charge in [0.1, 0.15) is 0 Å². The summed E-state index contributed by atoms with van der Waals surface area (Å²) in [5.41, 5.74) is 0.824. The van der Waals surface area contributed by atoms with Crippen molar-refractivity contribution in [3.8, 4) is 0 Å². The number of benzene rings is 1. The predicted molar refractivity (Wildman–Crippen MR) is 99.4 cm³/mol. The molecule has 7 heteroatoms. The number of halogens is 1. The number of hydrogen-bond donors (Lipinski definition) is 2. The van der Waals surface area contributed by atoms with Gasteiger partial charge in [0.05, 0.1) is 13.1 Å². The van der Waals surface area contributed by atoms with Crippen LogP contribution in [-0.4, -0.2) is 67.4 Å². The van der Waals surface area contributed by atoms with Gasteiger partial charge in [-0.3, -0.25) is 19.4 Å². The van der Waals surface area contributed by atoms with Crippen LogP contribution in [0.4, 0.5) is 5.69 Å². The minimum absolute atomic E-state index is 0.00313. The van der Waals surface area contributed by atoms with Crippen molar-refractivity contribution in [2.24, 2.45) is 0 Å². The Hall–Kier alpha value is -1.19. The van der Waals surface area contributed by atoms with Gasteiger partial charge in [0.25, 0.3) is 0 Å². The summed E-state index contributed by atoms with van der Waals surface area (Å²) in [6, 6.07) is 7.75. The van der Waals surface area contributed by atoms with Crippen LogP contribution in [0, 0.1) is 3.57 Å². The van der Waals surface area contributed by atoms with Gasteiger partial charge in [-0.2, -0.15) is 0 Å². The fourth-order valence-corrected chi connectivity index (χ4v) is 2.86. The van der Waals surface area contributed by atoms with Gasteiger partial charge in [0, 0.05) is 42.0 Å². The first-order chi connectivity index (χ1) is 11.1. The quantitative estimate of drug-likeness (QED) is 0.661. The van der Waals surface area contributed by atoms with Crippen molar-refractivity contribution in [1.29, 1.82) is 0 Å². The number of likely N-dealkylation sites (N-methyl/N-ethyl adjacent to an activating group) is 1. The maximum absolute atomic E-state index is 12.1. The van der Waals surface area contributed by atoms with Gasteiger partial charge in [0.15, 0.2) is 0 Å². The molecule has 0 atom stereocenters. The van der Waals surface area contributed by atoms with Crippen molar-refractivity contribution in [1.82, 2.24) is 15.1 Å². The number of carbonyl (C=O) groups excluding carboxylic acids is 2. The number of hydrogen-bond acceptors (Lipinski definition) is 4. The van der Waals surface area contributed by atoms with Crippen LogP contribution in [0.3, 0.4) is 0 Å². The Morgan fingerprint density at radius 2 is 1.52 bits per heavy atom. The molecule has 0 aromatic heterocycles. The van der Waals surface area contributed by atoms with Crippen LogP contribution in [0.15, 0.2) is 24.3 Å². The fourth-order valence-electron chi connectivity index (χ4n) is 2.50. The third-order valence-corrected chi connectivity index (χ3v) is 4.42. The largest absolute Gasteiger partial charge is 0.355 e. The van der Waals surface area contributed by atoms with Crippen molar-refractivity contribution in [3.05, 3.63) is 27.8 Å². The highest BCUT2D eigenvalue weighted by atomic mass is 127. The van der Waals surface area contributed by atoms with Gasteiger partial charge >= 0.3 is 0 Å². The van der Waals surface area contributed by atoms with Gasteiger partial charge in [0.2, 0.25) is 11.8 Å². The second-order valence-electron chi connectivity index (χ2n) is 5.56. The van der Waals surface area contributed by atoms with Gasteiger partial charge in [-0.25, -0.2) is 0 Å². The van der Waals surface area contributed by atoms with E-state index in [1.165, 1.54) is 0 Å². The minimum Gasteiger partial charge on any atom is -0.355 e. The van der Waals surface area contributed by atoms with Gasteiger partial charge < -0.3 is 10.6 Å².